The normalized spacial score (nSPS) is 10.4. The molecule has 2 aromatic carbocycles. The summed E-state index contributed by atoms with van der Waals surface area (Å²) in [6, 6.07) is 14.1. The van der Waals surface area contributed by atoms with Crippen molar-refractivity contribution < 1.29 is 18.8 Å². The molecule has 26 heavy (non-hydrogen) atoms. The van der Waals surface area contributed by atoms with Gasteiger partial charge in [-0.3, -0.25) is 4.79 Å². The zero-order valence-electron chi connectivity index (χ0n) is 14.3. The first-order chi connectivity index (χ1) is 12.6. The molecule has 0 fully saturated rings. The van der Waals surface area contributed by atoms with Crippen LogP contribution in [0.5, 0.6) is 11.5 Å². The van der Waals surface area contributed by atoms with Crippen molar-refractivity contribution in [2.24, 2.45) is 0 Å². The van der Waals surface area contributed by atoms with Crippen molar-refractivity contribution in [1.29, 1.82) is 0 Å². The fourth-order valence-corrected chi connectivity index (χ4v) is 2.57. The Hall–Kier alpha value is -2.99. The second-order valence-corrected chi connectivity index (χ2v) is 5.91. The van der Waals surface area contributed by atoms with Gasteiger partial charge in [0.05, 0.1) is 12.7 Å². The van der Waals surface area contributed by atoms with Crippen LogP contribution in [-0.2, 0) is 6.61 Å². The quantitative estimate of drug-likeness (QED) is 0.690. The summed E-state index contributed by atoms with van der Waals surface area (Å²) in [7, 11) is 1.57. The van der Waals surface area contributed by atoms with Crippen LogP contribution in [0.1, 0.15) is 21.8 Å². The van der Waals surface area contributed by atoms with E-state index in [1.165, 1.54) is 0 Å². The third-order valence-corrected chi connectivity index (χ3v) is 3.96. The second-order valence-electron chi connectivity index (χ2n) is 5.47. The maximum Gasteiger partial charge on any atom is 0.278 e. The first-order valence-corrected chi connectivity index (χ1v) is 8.24. The van der Waals surface area contributed by atoms with Gasteiger partial charge in [-0.25, -0.2) is 0 Å². The summed E-state index contributed by atoms with van der Waals surface area (Å²) in [5.74, 6) is 1.28. The number of aryl methyl sites for hydroxylation is 1. The van der Waals surface area contributed by atoms with Crippen LogP contribution in [0.2, 0.25) is 5.02 Å². The highest BCUT2D eigenvalue weighted by molar-refractivity contribution is 6.30. The Morgan fingerprint density at radius 1 is 1.19 bits per heavy atom. The molecular formula is C19H17ClN2O4. The predicted octanol–water partition coefficient (Wildman–Crippen LogP) is 4.48. The average Bonchev–Trinajstić information content (AvgIpc) is 3.01. The summed E-state index contributed by atoms with van der Waals surface area (Å²) < 4.78 is 16.2. The molecule has 0 bridgehead atoms. The van der Waals surface area contributed by atoms with Crippen LogP contribution in [0, 0.1) is 6.92 Å². The van der Waals surface area contributed by atoms with Gasteiger partial charge in [0, 0.05) is 10.7 Å². The maximum absolute atomic E-state index is 12.5. The van der Waals surface area contributed by atoms with E-state index in [-0.39, 0.29) is 12.3 Å². The molecule has 1 amide bonds. The van der Waals surface area contributed by atoms with Crippen molar-refractivity contribution in [1.82, 2.24) is 5.16 Å². The lowest BCUT2D eigenvalue weighted by atomic mass is 10.2. The van der Waals surface area contributed by atoms with Crippen LogP contribution in [-0.4, -0.2) is 18.2 Å². The van der Waals surface area contributed by atoms with Crippen LogP contribution in [0.25, 0.3) is 0 Å². The molecule has 0 saturated carbocycles. The molecule has 1 N–H and O–H groups in total. The number of carbonyl (C=O) groups is 1. The number of anilines is 1. The van der Waals surface area contributed by atoms with Gasteiger partial charge in [-0.05, 0) is 37.3 Å². The van der Waals surface area contributed by atoms with E-state index in [1.807, 2.05) is 12.1 Å². The summed E-state index contributed by atoms with van der Waals surface area (Å²) in [5, 5.41) is 7.13. The van der Waals surface area contributed by atoms with Gasteiger partial charge in [-0.2, -0.15) is 0 Å². The Morgan fingerprint density at radius 2 is 1.96 bits per heavy atom. The molecule has 0 saturated heterocycles. The van der Waals surface area contributed by atoms with Crippen LogP contribution in [0.15, 0.2) is 53.1 Å². The molecule has 7 heteroatoms. The Balaban J connectivity index is 1.77. The maximum atomic E-state index is 12.5. The smallest absolute Gasteiger partial charge is 0.278 e. The fraction of sp³-hybridized carbons (Fsp3) is 0.158. The van der Waals surface area contributed by atoms with E-state index in [9.17, 15) is 4.79 Å². The number of ether oxygens (including phenoxy) is 2. The molecule has 0 unspecified atom stereocenters. The molecule has 3 aromatic rings. The SMILES string of the molecule is COc1ccccc1OCc1c(C(=O)Nc2cccc(Cl)c2)noc1C. The third-order valence-electron chi connectivity index (χ3n) is 3.72. The predicted molar refractivity (Wildman–Crippen MR) is 98.0 cm³/mol. The van der Waals surface area contributed by atoms with Crippen LogP contribution in [0.4, 0.5) is 5.69 Å². The number of benzene rings is 2. The van der Waals surface area contributed by atoms with Gasteiger partial charge in [-0.1, -0.05) is 35.0 Å². The Labute approximate surface area is 155 Å². The van der Waals surface area contributed by atoms with Crippen molar-refractivity contribution >= 4 is 23.2 Å². The van der Waals surface area contributed by atoms with Gasteiger partial charge >= 0.3 is 0 Å². The highest BCUT2D eigenvalue weighted by Crippen LogP contribution is 2.27. The van der Waals surface area contributed by atoms with Gasteiger partial charge in [-0.15, -0.1) is 0 Å². The monoisotopic (exact) mass is 372 g/mol. The molecule has 1 heterocycles. The molecule has 0 radical (unpaired) electrons. The number of methoxy groups -OCH3 is 1. The number of aromatic nitrogens is 1. The summed E-state index contributed by atoms with van der Waals surface area (Å²) >= 11 is 5.94. The molecule has 134 valence electrons. The molecule has 0 atom stereocenters. The largest absolute Gasteiger partial charge is 0.493 e. The van der Waals surface area contributed by atoms with Gasteiger partial charge in [0.2, 0.25) is 0 Å². The van der Waals surface area contributed by atoms with E-state index in [0.29, 0.717) is 33.5 Å². The summed E-state index contributed by atoms with van der Waals surface area (Å²) in [6.45, 7) is 1.85. The van der Waals surface area contributed by atoms with E-state index in [0.717, 1.165) is 0 Å². The molecule has 0 spiro atoms. The molecule has 3 rings (SSSR count). The molecule has 0 aliphatic heterocycles. The van der Waals surface area contributed by atoms with Crippen LogP contribution in [0.3, 0.4) is 0 Å². The van der Waals surface area contributed by atoms with E-state index in [4.69, 9.17) is 25.6 Å². The number of halogens is 1. The van der Waals surface area contributed by atoms with Crippen molar-refractivity contribution in [3.63, 3.8) is 0 Å². The number of amides is 1. The standard InChI is InChI=1S/C19H17ClN2O4/c1-12-15(11-25-17-9-4-3-8-16(17)24-2)18(22-26-12)19(23)21-14-7-5-6-13(20)10-14/h3-10H,11H2,1-2H3,(H,21,23). The van der Waals surface area contributed by atoms with Gasteiger partial charge < -0.3 is 19.3 Å². The van der Waals surface area contributed by atoms with E-state index in [1.54, 1.807) is 50.4 Å². The number of para-hydroxylation sites is 2. The second kappa shape index (κ2) is 7.93. The van der Waals surface area contributed by atoms with Gasteiger partial charge in [0.25, 0.3) is 5.91 Å². The summed E-state index contributed by atoms with van der Waals surface area (Å²) in [5.41, 5.74) is 1.30. The Bertz CT molecular complexity index is 923. The average molecular weight is 373 g/mol. The van der Waals surface area contributed by atoms with Crippen LogP contribution < -0.4 is 14.8 Å². The lowest BCUT2D eigenvalue weighted by Gasteiger charge is -2.10. The molecule has 0 aliphatic carbocycles. The summed E-state index contributed by atoms with van der Waals surface area (Å²) in [4.78, 5) is 12.5. The van der Waals surface area contributed by atoms with Crippen molar-refractivity contribution in [2.45, 2.75) is 13.5 Å². The van der Waals surface area contributed by atoms with E-state index >= 15 is 0 Å². The lowest BCUT2D eigenvalue weighted by molar-refractivity contribution is 0.101. The number of hydrogen-bond acceptors (Lipinski definition) is 5. The number of nitrogens with zero attached hydrogens (tertiary/aromatic N) is 1. The Morgan fingerprint density at radius 3 is 2.69 bits per heavy atom. The number of carbonyl (C=O) groups excluding carboxylic acids is 1. The number of rotatable bonds is 6. The number of hydrogen-bond donors (Lipinski definition) is 1. The Kier molecular flexibility index (Phi) is 5.43. The summed E-state index contributed by atoms with van der Waals surface area (Å²) in [6.07, 6.45) is 0. The van der Waals surface area contributed by atoms with Gasteiger partial charge in [0.1, 0.15) is 12.4 Å². The van der Waals surface area contributed by atoms with Crippen molar-refractivity contribution in [2.75, 3.05) is 12.4 Å². The highest BCUT2D eigenvalue weighted by Gasteiger charge is 2.21. The van der Waals surface area contributed by atoms with Crippen molar-refractivity contribution in [3.05, 3.63) is 70.6 Å². The minimum Gasteiger partial charge on any atom is -0.493 e. The van der Waals surface area contributed by atoms with Crippen molar-refractivity contribution in [3.8, 4) is 11.5 Å². The lowest BCUT2D eigenvalue weighted by Crippen LogP contribution is -2.15. The molecular weight excluding hydrogens is 356 g/mol. The minimum atomic E-state index is -0.400. The fourth-order valence-electron chi connectivity index (χ4n) is 2.38. The van der Waals surface area contributed by atoms with E-state index in [2.05, 4.69) is 10.5 Å². The molecule has 6 nitrogen and oxygen atoms in total. The topological polar surface area (TPSA) is 73.6 Å². The first kappa shape index (κ1) is 17.8. The third kappa shape index (κ3) is 3.97. The highest BCUT2D eigenvalue weighted by atomic mass is 35.5. The number of nitrogens with one attached hydrogen (secondary N) is 1. The van der Waals surface area contributed by atoms with Crippen LogP contribution >= 0.6 is 11.6 Å². The molecule has 0 aliphatic rings. The zero-order chi connectivity index (χ0) is 18.5. The zero-order valence-corrected chi connectivity index (χ0v) is 15.0. The minimum absolute atomic E-state index is 0.119. The first-order valence-electron chi connectivity index (χ1n) is 7.86. The van der Waals surface area contributed by atoms with Gasteiger partial charge in [0.15, 0.2) is 17.2 Å². The van der Waals surface area contributed by atoms with E-state index < -0.39 is 5.91 Å². The molecule has 1 aromatic heterocycles.